The topological polar surface area (TPSA) is 39.4 Å². The summed E-state index contributed by atoms with van der Waals surface area (Å²) in [7, 11) is 0. The van der Waals surface area contributed by atoms with Gasteiger partial charge in [-0.05, 0) is 18.4 Å². The summed E-state index contributed by atoms with van der Waals surface area (Å²) < 4.78 is 9.83. The highest BCUT2D eigenvalue weighted by Gasteiger charge is 2.12. The molecule has 1 heterocycles. The molecule has 13 heavy (non-hydrogen) atoms. The van der Waals surface area contributed by atoms with Crippen LogP contribution in [-0.4, -0.2) is 18.2 Å². The predicted octanol–water partition coefficient (Wildman–Crippen LogP) is 2.16. The minimum atomic E-state index is -0.440. The molecule has 0 spiro atoms. The molecule has 0 atom stereocenters. The van der Waals surface area contributed by atoms with Gasteiger partial charge in [0.25, 0.3) is 0 Å². The monoisotopic (exact) mass is 198 g/mol. The summed E-state index contributed by atoms with van der Waals surface area (Å²) in [5.41, 5.74) is 0.249. The fourth-order valence-electron chi connectivity index (χ4n) is 0.750. The van der Waals surface area contributed by atoms with Crippen LogP contribution < -0.4 is 0 Å². The van der Waals surface area contributed by atoms with E-state index in [9.17, 15) is 4.79 Å². The molecule has 0 unspecified atom stereocenters. The van der Waals surface area contributed by atoms with Crippen LogP contribution in [-0.2, 0) is 9.53 Å². The first-order valence-corrected chi connectivity index (χ1v) is 5.04. The zero-order valence-electron chi connectivity index (χ0n) is 7.28. The molecule has 0 amide bonds. The van der Waals surface area contributed by atoms with Gasteiger partial charge in [-0.15, -0.1) is 11.8 Å². The lowest BCUT2D eigenvalue weighted by atomic mass is 10.2. The van der Waals surface area contributed by atoms with Crippen molar-refractivity contribution in [3.63, 3.8) is 0 Å². The van der Waals surface area contributed by atoms with Gasteiger partial charge in [-0.3, -0.25) is 0 Å². The molecule has 70 valence electrons. The first-order chi connectivity index (χ1) is 6.25. The lowest BCUT2D eigenvalue weighted by Gasteiger charge is -2.02. The fraction of sp³-hybridized carbons (Fsp3) is 0.222. The lowest BCUT2D eigenvalue weighted by molar-refractivity contribution is -0.134. The highest BCUT2D eigenvalue weighted by molar-refractivity contribution is 7.98. The minimum Gasteiger partial charge on any atom is -0.464 e. The summed E-state index contributed by atoms with van der Waals surface area (Å²) in [5.74, 6) is 0.342. The number of carbonyl (C=O) groups is 1. The molecule has 1 rings (SSSR count). The van der Waals surface area contributed by atoms with Gasteiger partial charge in [0.15, 0.2) is 0 Å². The standard InChI is InChI=1S/C9H10O3S/c1-7(8-4-3-5-11-8)9(10)12-6-13-2/h3-5H,1,6H2,2H3. The molecule has 1 aromatic rings. The highest BCUT2D eigenvalue weighted by atomic mass is 32.2. The van der Waals surface area contributed by atoms with Crippen LogP contribution in [0.1, 0.15) is 5.76 Å². The summed E-state index contributed by atoms with van der Waals surface area (Å²) in [6, 6.07) is 3.37. The molecule has 0 aliphatic heterocycles. The van der Waals surface area contributed by atoms with Crippen LogP contribution in [0.2, 0.25) is 0 Å². The zero-order chi connectivity index (χ0) is 9.68. The normalized spacial score (nSPS) is 9.62. The lowest BCUT2D eigenvalue weighted by Crippen LogP contribution is -2.04. The van der Waals surface area contributed by atoms with E-state index in [2.05, 4.69) is 6.58 Å². The van der Waals surface area contributed by atoms with Crippen molar-refractivity contribution in [2.75, 3.05) is 12.2 Å². The maximum absolute atomic E-state index is 11.2. The van der Waals surface area contributed by atoms with Gasteiger partial charge in [-0.25, -0.2) is 4.79 Å². The van der Waals surface area contributed by atoms with E-state index in [0.29, 0.717) is 11.7 Å². The molecule has 0 N–H and O–H groups in total. The van der Waals surface area contributed by atoms with Gasteiger partial charge in [0, 0.05) is 0 Å². The van der Waals surface area contributed by atoms with Crippen molar-refractivity contribution >= 4 is 23.3 Å². The minimum absolute atomic E-state index is 0.249. The molecule has 0 saturated heterocycles. The Morgan fingerprint density at radius 2 is 2.54 bits per heavy atom. The Hall–Kier alpha value is -1.16. The van der Waals surface area contributed by atoms with Crippen LogP contribution in [0.3, 0.4) is 0 Å². The zero-order valence-corrected chi connectivity index (χ0v) is 8.10. The molecule has 0 aromatic carbocycles. The maximum Gasteiger partial charge on any atom is 0.342 e. The third kappa shape index (κ3) is 2.66. The molecule has 0 radical (unpaired) electrons. The fourth-order valence-corrected chi connectivity index (χ4v) is 0.975. The first kappa shape index (κ1) is 9.92. The Labute approximate surface area is 80.8 Å². The summed E-state index contributed by atoms with van der Waals surface area (Å²) in [6.45, 7) is 3.57. The van der Waals surface area contributed by atoms with Gasteiger partial charge in [-0.1, -0.05) is 6.58 Å². The summed E-state index contributed by atoms with van der Waals surface area (Å²) >= 11 is 1.43. The van der Waals surface area contributed by atoms with Crippen LogP contribution >= 0.6 is 11.8 Å². The summed E-state index contributed by atoms with van der Waals surface area (Å²) in [4.78, 5) is 11.2. The highest BCUT2D eigenvalue weighted by Crippen LogP contribution is 2.14. The SMILES string of the molecule is C=C(C(=O)OCSC)c1ccco1. The Morgan fingerprint density at radius 3 is 3.08 bits per heavy atom. The largest absolute Gasteiger partial charge is 0.464 e. The van der Waals surface area contributed by atoms with Crippen LogP contribution in [0.5, 0.6) is 0 Å². The molecular weight excluding hydrogens is 188 g/mol. The number of hydrogen-bond acceptors (Lipinski definition) is 4. The van der Waals surface area contributed by atoms with Crippen molar-refractivity contribution in [2.45, 2.75) is 0 Å². The summed E-state index contributed by atoms with van der Waals surface area (Å²) in [6.07, 6.45) is 3.34. The first-order valence-electron chi connectivity index (χ1n) is 3.64. The average molecular weight is 198 g/mol. The number of rotatable bonds is 4. The number of carbonyl (C=O) groups excluding carboxylic acids is 1. The van der Waals surface area contributed by atoms with Gasteiger partial charge in [0.05, 0.1) is 11.8 Å². The number of hydrogen-bond donors (Lipinski definition) is 0. The van der Waals surface area contributed by atoms with E-state index in [1.807, 2.05) is 6.26 Å². The van der Waals surface area contributed by atoms with E-state index >= 15 is 0 Å². The molecule has 0 saturated carbocycles. The van der Waals surface area contributed by atoms with Crippen LogP contribution in [0.25, 0.3) is 5.57 Å². The second kappa shape index (κ2) is 4.77. The van der Waals surface area contributed by atoms with E-state index < -0.39 is 5.97 Å². The van der Waals surface area contributed by atoms with Gasteiger partial charge in [0.1, 0.15) is 11.7 Å². The number of esters is 1. The second-order valence-corrected chi connectivity index (χ2v) is 3.11. The van der Waals surface area contributed by atoms with E-state index in [0.717, 1.165) is 0 Å². The van der Waals surface area contributed by atoms with Crippen LogP contribution in [0, 0.1) is 0 Å². The Morgan fingerprint density at radius 1 is 1.77 bits per heavy atom. The maximum atomic E-state index is 11.2. The number of furan rings is 1. The van der Waals surface area contributed by atoms with Gasteiger partial charge >= 0.3 is 5.97 Å². The van der Waals surface area contributed by atoms with Gasteiger partial charge < -0.3 is 9.15 Å². The van der Waals surface area contributed by atoms with Crippen molar-refractivity contribution < 1.29 is 13.9 Å². The molecule has 3 nitrogen and oxygen atoms in total. The Balaban J connectivity index is 2.53. The number of ether oxygens (including phenoxy) is 1. The van der Waals surface area contributed by atoms with Crippen LogP contribution in [0.15, 0.2) is 29.4 Å². The molecule has 0 aliphatic rings. The Bertz CT molecular complexity index is 290. The van der Waals surface area contributed by atoms with E-state index in [-0.39, 0.29) is 5.57 Å². The molecule has 0 bridgehead atoms. The van der Waals surface area contributed by atoms with Crippen molar-refractivity contribution in [1.29, 1.82) is 0 Å². The third-order valence-electron chi connectivity index (χ3n) is 1.37. The van der Waals surface area contributed by atoms with E-state index in [4.69, 9.17) is 9.15 Å². The second-order valence-electron chi connectivity index (χ2n) is 2.29. The molecule has 4 heteroatoms. The van der Waals surface area contributed by atoms with E-state index in [1.165, 1.54) is 18.0 Å². The van der Waals surface area contributed by atoms with Crippen molar-refractivity contribution in [1.82, 2.24) is 0 Å². The average Bonchev–Trinajstić information content (AvgIpc) is 2.65. The number of thioether (sulfide) groups is 1. The van der Waals surface area contributed by atoms with Crippen LogP contribution in [0.4, 0.5) is 0 Å². The van der Waals surface area contributed by atoms with Gasteiger partial charge in [0.2, 0.25) is 0 Å². The van der Waals surface area contributed by atoms with Gasteiger partial charge in [-0.2, -0.15) is 0 Å². The van der Waals surface area contributed by atoms with Crippen molar-refractivity contribution in [3.8, 4) is 0 Å². The Kier molecular flexibility index (Phi) is 3.64. The smallest absolute Gasteiger partial charge is 0.342 e. The third-order valence-corrected chi connectivity index (χ3v) is 1.73. The molecule has 0 fully saturated rings. The quantitative estimate of drug-likeness (QED) is 0.422. The molecule has 0 aliphatic carbocycles. The predicted molar refractivity (Wildman–Crippen MR) is 52.2 cm³/mol. The van der Waals surface area contributed by atoms with Crippen molar-refractivity contribution in [3.05, 3.63) is 30.7 Å². The molecular formula is C9H10O3S. The summed E-state index contributed by atoms with van der Waals surface area (Å²) in [5, 5.41) is 0. The van der Waals surface area contributed by atoms with Crippen molar-refractivity contribution in [2.24, 2.45) is 0 Å². The molecule has 1 aromatic heterocycles. The van der Waals surface area contributed by atoms with E-state index in [1.54, 1.807) is 12.1 Å².